The van der Waals surface area contributed by atoms with E-state index < -0.39 is 28.5 Å². The fourth-order valence-corrected chi connectivity index (χ4v) is 6.83. The number of carbonyl (C=O) groups excluding carboxylic acids is 2. The van der Waals surface area contributed by atoms with Crippen LogP contribution in [0, 0.1) is 6.92 Å². The molecule has 0 heterocycles. The molecule has 0 saturated carbocycles. The van der Waals surface area contributed by atoms with Crippen molar-refractivity contribution in [3.05, 3.63) is 118 Å². The number of aryl methyl sites for hydroxylation is 1. The first-order valence-electron chi connectivity index (χ1n) is 15.3. The quantitative estimate of drug-likeness (QED) is 0.148. The third-order valence-electron chi connectivity index (χ3n) is 7.70. The molecule has 48 heavy (non-hydrogen) atoms. The number of halogens is 2. The van der Waals surface area contributed by atoms with E-state index >= 15 is 0 Å². The lowest BCUT2D eigenvalue weighted by Gasteiger charge is -2.34. The molecule has 9 nitrogen and oxygen atoms in total. The van der Waals surface area contributed by atoms with E-state index in [4.69, 9.17) is 32.7 Å². The summed E-state index contributed by atoms with van der Waals surface area (Å²) in [7, 11) is -1.48. The maximum Gasteiger partial charge on any atom is 0.264 e. The first kappa shape index (κ1) is 36.6. The standard InChI is InChI=1S/C36H39Cl2N3O6S/c1-5-19-39-36(43)33(21-26-9-7-6-8-10-26)40(23-27-13-17-30(37)31(38)20-27)35(42)24-41(32-22-28(46-3)14-18-34(32)47-4)48(44,45)29-15-11-25(2)12-16-29/h6-18,20,22,33H,5,19,21,23-24H2,1-4H3,(H,39,43). The van der Waals surface area contributed by atoms with Crippen molar-refractivity contribution in [1.29, 1.82) is 0 Å². The van der Waals surface area contributed by atoms with Crippen molar-refractivity contribution in [1.82, 2.24) is 10.2 Å². The van der Waals surface area contributed by atoms with Gasteiger partial charge in [-0.25, -0.2) is 8.42 Å². The maximum atomic E-state index is 14.7. The summed E-state index contributed by atoms with van der Waals surface area (Å²) in [5.74, 6) is -0.442. The van der Waals surface area contributed by atoms with Gasteiger partial charge in [-0.15, -0.1) is 0 Å². The number of hydrogen-bond acceptors (Lipinski definition) is 6. The molecule has 0 radical (unpaired) electrons. The van der Waals surface area contributed by atoms with Gasteiger partial charge in [0, 0.05) is 25.6 Å². The number of hydrogen-bond donors (Lipinski definition) is 1. The normalized spacial score (nSPS) is 11.8. The molecule has 4 aromatic carbocycles. The molecule has 1 N–H and O–H groups in total. The number of methoxy groups -OCH3 is 2. The summed E-state index contributed by atoms with van der Waals surface area (Å²) in [6, 6.07) is 24.3. The average molecular weight is 713 g/mol. The van der Waals surface area contributed by atoms with Gasteiger partial charge in [-0.1, -0.05) is 84.2 Å². The van der Waals surface area contributed by atoms with Crippen LogP contribution in [-0.2, 0) is 32.6 Å². The Kier molecular flexibility index (Phi) is 12.7. The lowest BCUT2D eigenvalue weighted by molar-refractivity contribution is -0.140. The highest BCUT2D eigenvalue weighted by Gasteiger charge is 2.35. The van der Waals surface area contributed by atoms with Gasteiger partial charge in [0.25, 0.3) is 10.0 Å². The third-order valence-corrected chi connectivity index (χ3v) is 10.2. The summed E-state index contributed by atoms with van der Waals surface area (Å²) in [6.07, 6.45) is 0.861. The van der Waals surface area contributed by atoms with E-state index in [1.807, 2.05) is 44.2 Å². The number of anilines is 1. The molecule has 0 fully saturated rings. The summed E-state index contributed by atoms with van der Waals surface area (Å²) in [5, 5.41) is 3.54. The molecular weight excluding hydrogens is 673 g/mol. The molecule has 0 aliphatic heterocycles. The molecule has 4 rings (SSSR count). The minimum atomic E-state index is -4.35. The predicted molar refractivity (Wildman–Crippen MR) is 190 cm³/mol. The van der Waals surface area contributed by atoms with E-state index in [0.717, 1.165) is 15.4 Å². The number of nitrogens with one attached hydrogen (secondary N) is 1. The van der Waals surface area contributed by atoms with Crippen molar-refractivity contribution in [2.24, 2.45) is 0 Å². The monoisotopic (exact) mass is 711 g/mol. The summed E-state index contributed by atoms with van der Waals surface area (Å²) >= 11 is 12.5. The number of carbonyl (C=O) groups is 2. The van der Waals surface area contributed by atoms with Gasteiger partial charge in [-0.3, -0.25) is 13.9 Å². The minimum Gasteiger partial charge on any atom is -0.497 e. The number of amides is 2. The summed E-state index contributed by atoms with van der Waals surface area (Å²) in [5.41, 5.74) is 2.38. The fourth-order valence-electron chi connectivity index (χ4n) is 5.10. The van der Waals surface area contributed by atoms with Gasteiger partial charge < -0.3 is 19.7 Å². The Morgan fingerprint density at radius 3 is 2.19 bits per heavy atom. The zero-order valence-corrected chi connectivity index (χ0v) is 29.6. The topological polar surface area (TPSA) is 105 Å². The van der Waals surface area contributed by atoms with Crippen molar-refractivity contribution < 1.29 is 27.5 Å². The Balaban J connectivity index is 1.87. The highest BCUT2D eigenvalue weighted by molar-refractivity contribution is 7.92. The Bertz CT molecular complexity index is 1820. The number of nitrogens with zero attached hydrogens (tertiary/aromatic N) is 2. The second kappa shape index (κ2) is 16.7. The molecule has 0 spiro atoms. The first-order valence-corrected chi connectivity index (χ1v) is 17.5. The largest absolute Gasteiger partial charge is 0.497 e. The van der Waals surface area contributed by atoms with Crippen LogP contribution >= 0.6 is 23.2 Å². The van der Waals surface area contributed by atoms with Crippen LogP contribution in [0.3, 0.4) is 0 Å². The second-order valence-corrected chi connectivity index (χ2v) is 13.8. The van der Waals surface area contributed by atoms with Gasteiger partial charge in [-0.05, 0) is 60.9 Å². The van der Waals surface area contributed by atoms with Crippen molar-refractivity contribution in [2.45, 2.75) is 44.2 Å². The molecule has 2 amide bonds. The van der Waals surface area contributed by atoms with Crippen LogP contribution in [0.25, 0.3) is 0 Å². The predicted octanol–water partition coefficient (Wildman–Crippen LogP) is 6.68. The van der Waals surface area contributed by atoms with E-state index in [1.54, 1.807) is 42.5 Å². The fraction of sp³-hybridized carbons (Fsp3) is 0.278. The van der Waals surface area contributed by atoms with Crippen LogP contribution in [0.15, 0.2) is 95.9 Å². The second-order valence-electron chi connectivity index (χ2n) is 11.1. The molecule has 1 atom stereocenters. The Labute approximate surface area is 292 Å². The zero-order chi connectivity index (χ0) is 34.8. The van der Waals surface area contributed by atoms with Crippen molar-refractivity contribution in [2.75, 3.05) is 31.6 Å². The van der Waals surface area contributed by atoms with E-state index in [1.165, 1.54) is 37.3 Å². The van der Waals surface area contributed by atoms with Crippen LogP contribution in [-0.4, -0.2) is 58.5 Å². The van der Waals surface area contributed by atoms with E-state index in [2.05, 4.69) is 5.32 Å². The van der Waals surface area contributed by atoms with E-state index in [0.29, 0.717) is 29.3 Å². The Morgan fingerprint density at radius 2 is 1.56 bits per heavy atom. The van der Waals surface area contributed by atoms with Gasteiger partial charge in [0.1, 0.15) is 24.1 Å². The van der Waals surface area contributed by atoms with Gasteiger partial charge in [0.05, 0.1) is 34.8 Å². The summed E-state index contributed by atoms with van der Waals surface area (Å²) < 4.78 is 40.8. The van der Waals surface area contributed by atoms with Crippen LogP contribution in [0.5, 0.6) is 11.5 Å². The molecule has 1 unspecified atom stereocenters. The lowest BCUT2D eigenvalue weighted by atomic mass is 10.0. The van der Waals surface area contributed by atoms with Gasteiger partial charge in [0.2, 0.25) is 11.8 Å². The number of sulfonamides is 1. The van der Waals surface area contributed by atoms with Gasteiger partial charge in [-0.2, -0.15) is 0 Å². The molecule has 12 heteroatoms. The lowest BCUT2D eigenvalue weighted by Crippen LogP contribution is -2.53. The van der Waals surface area contributed by atoms with Gasteiger partial charge >= 0.3 is 0 Å². The SMILES string of the molecule is CCCNC(=O)C(Cc1ccccc1)N(Cc1ccc(Cl)c(Cl)c1)C(=O)CN(c1cc(OC)ccc1OC)S(=O)(=O)c1ccc(C)cc1. The molecule has 0 saturated heterocycles. The highest BCUT2D eigenvalue weighted by atomic mass is 35.5. The minimum absolute atomic E-state index is 0.0247. The molecule has 0 aliphatic carbocycles. The average Bonchev–Trinajstić information content (AvgIpc) is 3.09. The molecule has 254 valence electrons. The van der Waals surface area contributed by atoms with Crippen LogP contribution in [0.2, 0.25) is 10.0 Å². The molecular formula is C36H39Cl2N3O6S. The molecule has 0 bridgehead atoms. The number of ether oxygens (including phenoxy) is 2. The van der Waals surface area contributed by atoms with Crippen LogP contribution in [0.4, 0.5) is 5.69 Å². The molecule has 4 aromatic rings. The Hall–Kier alpha value is -4.25. The maximum absolute atomic E-state index is 14.7. The Morgan fingerprint density at radius 1 is 0.854 bits per heavy atom. The van der Waals surface area contributed by atoms with Crippen LogP contribution in [0.1, 0.15) is 30.0 Å². The van der Waals surface area contributed by atoms with Crippen molar-refractivity contribution >= 4 is 50.7 Å². The summed E-state index contributed by atoms with van der Waals surface area (Å²) in [6.45, 7) is 3.46. The third kappa shape index (κ3) is 9.00. The number of rotatable bonds is 15. The van der Waals surface area contributed by atoms with Gasteiger partial charge in [0.15, 0.2) is 0 Å². The number of benzene rings is 4. The summed E-state index contributed by atoms with van der Waals surface area (Å²) in [4.78, 5) is 29.9. The smallest absolute Gasteiger partial charge is 0.264 e. The molecule has 0 aliphatic rings. The van der Waals surface area contributed by atoms with Crippen LogP contribution < -0.4 is 19.1 Å². The first-order chi connectivity index (χ1) is 23.0. The van der Waals surface area contributed by atoms with Crippen molar-refractivity contribution in [3.63, 3.8) is 0 Å². The highest BCUT2D eigenvalue weighted by Crippen LogP contribution is 2.36. The van der Waals surface area contributed by atoms with E-state index in [-0.39, 0.29) is 40.2 Å². The molecule has 0 aromatic heterocycles. The van der Waals surface area contributed by atoms with Crippen molar-refractivity contribution in [3.8, 4) is 11.5 Å². The van der Waals surface area contributed by atoms with E-state index in [9.17, 15) is 18.0 Å². The zero-order valence-electron chi connectivity index (χ0n) is 27.3.